The molecule has 0 unspecified atom stereocenters. The van der Waals surface area contributed by atoms with E-state index in [-0.39, 0.29) is 11.2 Å². The summed E-state index contributed by atoms with van der Waals surface area (Å²) in [5.74, 6) is 0.0468. The minimum Gasteiger partial charge on any atom is -0.370 e. The van der Waals surface area contributed by atoms with Gasteiger partial charge in [0.05, 0.1) is 16.6 Å². The Kier molecular flexibility index (Phi) is 5.23. The number of benzene rings is 2. The molecule has 0 bridgehead atoms. The Morgan fingerprint density at radius 3 is 2.43 bits per heavy atom. The molecular weight excluding hydrogens is 304 g/mol. The van der Waals surface area contributed by atoms with Gasteiger partial charge in [0.1, 0.15) is 0 Å². The topological polar surface area (TPSA) is 32.3 Å². The van der Waals surface area contributed by atoms with Crippen LogP contribution in [0.25, 0.3) is 0 Å². The Bertz CT molecular complexity index is 653. The number of nitrogens with zero attached hydrogens (tertiary/aromatic N) is 1. The first kappa shape index (κ1) is 15.9. The number of carbonyl (C=O) groups excluding carboxylic acids is 1. The Morgan fingerprint density at radius 1 is 1.04 bits per heavy atom. The number of para-hydroxylation sites is 2. The Balaban J connectivity index is 1.68. The van der Waals surface area contributed by atoms with E-state index in [9.17, 15) is 4.79 Å². The van der Waals surface area contributed by atoms with Gasteiger partial charge in [0.15, 0.2) is 0 Å². The van der Waals surface area contributed by atoms with Crippen molar-refractivity contribution in [2.24, 2.45) is 0 Å². The van der Waals surface area contributed by atoms with Gasteiger partial charge in [0.2, 0.25) is 5.91 Å². The van der Waals surface area contributed by atoms with Crippen LogP contribution in [0.3, 0.4) is 0 Å². The van der Waals surface area contributed by atoms with Crippen LogP contribution in [0.2, 0.25) is 0 Å². The molecule has 1 saturated heterocycles. The highest BCUT2D eigenvalue weighted by molar-refractivity contribution is 8.00. The molecule has 0 aliphatic carbocycles. The van der Waals surface area contributed by atoms with E-state index in [1.165, 1.54) is 12.8 Å². The molecule has 0 spiro atoms. The lowest BCUT2D eigenvalue weighted by Crippen LogP contribution is -2.25. The van der Waals surface area contributed by atoms with Gasteiger partial charge in [0.25, 0.3) is 0 Å². The fourth-order valence-corrected chi connectivity index (χ4v) is 3.69. The number of anilines is 2. The number of amides is 1. The lowest BCUT2D eigenvalue weighted by molar-refractivity contribution is -0.115. The third-order valence-corrected chi connectivity index (χ3v) is 5.15. The summed E-state index contributed by atoms with van der Waals surface area (Å²) in [4.78, 5) is 16.0. The average molecular weight is 326 g/mol. The quantitative estimate of drug-likeness (QED) is 0.826. The maximum Gasteiger partial charge on any atom is 0.237 e. The predicted molar refractivity (Wildman–Crippen MR) is 98.3 cm³/mol. The highest BCUT2D eigenvalue weighted by Crippen LogP contribution is 2.30. The molecule has 3 rings (SSSR count). The molecule has 2 aromatic carbocycles. The van der Waals surface area contributed by atoms with Gasteiger partial charge in [-0.25, -0.2) is 0 Å². The number of thioether (sulfide) groups is 1. The fraction of sp³-hybridized carbons (Fsp3) is 0.316. The second kappa shape index (κ2) is 7.55. The van der Waals surface area contributed by atoms with Crippen LogP contribution < -0.4 is 10.2 Å². The van der Waals surface area contributed by atoms with Crippen LogP contribution in [-0.2, 0) is 4.79 Å². The van der Waals surface area contributed by atoms with Crippen molar-refractivity contribution < 1.29 is 4.79 Å². The number of rotatable bonds is 5. The molecule has 1 heterocycles. The molecule has 120 valence electrons. The summed E-state index contributed by atoms with van der Waals surface area (Å²) in [6, 6.07) is 18.1. The zero-order valence-corrected chi connectivity index (χ0v) is 14.2. The zero-order chi connectivity index (χ0) is 16.1. The lowest BCUT2D eigenvalue weighted by Gasteiger charge is -2.22. The molecule has 2 aromatic rings. The Labute approximate surface area is 142 Å². The SMILES string of the molecule is C[C@@H](Sc1ccccc1)C(=O)Nc1ccccc1N1CCCC1. The largest absolute Gasteiger partial charge is 0.370 e. The molecule has 1 atom stereocenters. The van der Waals surface area contributed by atoms with Crippen molar-refractivity contribution in [3.63, 3.8) is 0 Å². The van der Waals surface area contributed by atoms with Gasteiger partial charge in [-0.05, 0) is 44.0 Å². The first-order valence-electron chi connectivity index (χ1n) is 8.10. The first-order valence-corrected chi connectivity index (χ1v) is 8.98. The van der Waals surface area contributed by atoms with Gasteiger partial charge < -0.3 is 10.2 Å². The third-order valence-electron chi connectivity index (χ3n) is 4.03. The summed E-state index contributed by atoms with van der Waals surface area (Å²) < 4.78 is 0. The summed E-state index contributed by atoms with van der Waals surface area (Å²) in [5, 5.41) is 2.97. The van der Waals surface area contributed by atoms with E-state index in [1.54, 1.807) is 11.8 Å². The molecule has 1 fully saturated rings. The van der Waals surface area contributed by atoms with Crippen LogP contribution in [0.15, 0.2) is 59.5 Å². The summed E-state index contributed by atoms with van der Waals surface area (Å²) in [7, 11) is 0. The van der Waals surface area contributed by atoms with E-state index in [2.05, 4.69) is 16.3 Å². The van der Waals surface area contributed by atoms with Gasteiger partial charge in [-0.2, -0.15) is 0 Å². The van der Waals surface area contributed by atoms with Crippen molar-refractivity contribution in [2.45, 2.75) is 29.9 Å². The monoisotopic (exact) mass is 326 g/mol. The normalized spacial score (nSPS) is 15.4. The van der Waals surface area contributed by atoms with Gasteiger partial charge in [0, 0.05) is 18.0 Å². The summed E-state index contributed by atoms with van der Waals surface area (Å²) in [6.07, 6.45) is 2.45. The van der Waals surface area contributed by atoms with Crippen LogP contribution in [0.4, 0.5) is 11.4 Å². The standard InChI is InChI=1S/C19H22N2OS/c1-15(23-16-9-3-2-4-10-16)19(22)20-17-11-5-6-12-18(17)21-13-7-8-14-21/h2-6,9-12,15H,7-8,13-14H2,1H3,(H,20,22)/t15-/m1/s1. The average Bonchev–Trinajstić information content (AvgIpc) is 3.10. The predicted octanol–water partition coefficient (Wildman–Crippen LogP) is 4.41. The van der Waals surface area contributed by atoms with E-state index in [4.69, 9.17) is 0 Å². The molecule has 4 heteroatoms. The first-order chi connectivity index (χ1) is 11.2. The van der Waals surface area contributed by atoms with Crippen molar-refractivity contribution in [2.75, 3.05) is 23.3 Å². The van der Waals surface area contributed by atoms with Crippen LogP contribution in [0, 0.1) is 0 Å². The van der Waals surface area contributed by atoms with Crippen molar-refractivity contribution >= 4 is 29.0 Å². The fourth-order valence-electron chi connectivity index (χ4n) is 2.80. The minimum atomic E-state index is -0.135. The van der Waals surface area contributed by atoms with E-state index >= 15 is 0 Å². The van der Waals surface area contributed by atoms with Crippen LogP contribution in [-0.4, -0.2) is 24.2 Å². The van der Waals surface area contributed by atoms with E-state index in [0.29, 0.717) is 0 Å². The summed E-state index contributed by atoms with van der Waals surface area (Å²) in [6.45, 7) is 4.09. The lowest BCUT2D eigenvalue weighted by atomic mass is 10.2. The third kappa shape index (κ3) is 4.08. The zero-order valence-electron chi connectivity index (χ0n) is 13.4. The molecule has 1 amide bonds. The molecule has 23 heavy (non-hydrogen) atoms. The van der Waals surface area contributed by atoms with Crippen molar-refractivity contribution in [1.82, 2.24) is 0 Å². The smallest absolute Gasteiger partial charge is 0.237 e. The van der Waals surface area contributed by atoms with Gasteiger partial charge >= 0.3 is 0 Å². The van der Waals surface area contributed by atoms with Crippen molar-refractivity contribution in [1.29, 1.82) is 0 Å². The van der Waals surface area contributed by atoms with Crippen molar-refractivity contribution in [3.8, 4) is 0 Å². The number of hydrogen-bond donors (Lipinski definition) is 1. The Morgan fingerprint density at radius 2 is 1.70 bits per heavy atom. The van der Waals surface area contributed by atoms with Crippen molar-refractivity contribution in [3.05, 3.63) is 54.6 Å². The molecule has 0 radical (unpaired) electrons. The highest BCUT2D eigenvalue weighted by atomic mass is 32.2. The van der Waals surface area contributed by atoms with E-state index in [1.807, 2.05) is 55.5 Å². The molecule has 3 nitrogen and oxygen atoms in total. The van der Waals surface area contributed by atoms with Crippen LogP contribution in [0.1, 0.15) is 19.8 Å². The van der Waals surface area contributed by atoms with Crippen LogP contribution in [0.5, 0.6) is 0 Å². The maximum absolute atomic E-state index is 12.5. The summed E-state index contributed by atoms with van der Waals surface area (Å²) >= 11 is 1.58. The molecular formula is C19H22N2OS. The molecule has 1 aliphatic heterocycles. The highest BCUT2D eigenvalue weighted by Gasteiger charge is 2.19. The second-order valence-electron chi connectivity index (χ2n) is 5.77. The number of carbonyl (C=O) groups is 1. The number of nitrogens with one attached hydrogen (secondary N) is 1. The minimum absolute atomic E-state index is 0.0468. The molecule has 0 saturated carbocycles. The molecule has 0 aromatic heterocycles. The van der Waals surface area contributed by atoms with Gasteiger partial charge in [-0.1, -0.05) is 30.3 Å². The maximum atomic E-state index is 12.5. The van der Waals surface area contributed by atoms with Gasteiger partial charge in [-0.15, -0.1) is 11.8 Å². The number of hydrogen-bond acceptors (Lipinski definition) is 3. The van der Waals surface area contributed by atoms with Gasteiger partial charge in [-0.3, -0.25) is 4.79 Å². The second-order valence-corrected chi connectivity index (χ2v) is 7.19. The summed E-state index contributed by atoms with van der Waals surface area (Å²) in [5.41, 5.74) is 2.05. The van der Waals surface area contributed by atoms with E-state index < -0.39 is 0 Å². The Hall–Kier alpha value is -1.94. The molecule has 1 N–H and O–H groups in total. The molecule has 1 aliphatic rings. The van der Waals surface area contributed by atoms with Crippen LogP contribution >= 0.6 is 11.8 Å². The van der Waals surface area contributed by atoms with E-state index in [0.717, 1.165) is 29.4 Å².